The summed E-state index contributed by atoms with van der Waals surface area (Å²) in [5.74, 6) is 0.850. The fourth-order valence-corrected chi connectivity index (χ4v) is 1.41. The first-order chi connectivity index (χ1) is 6.01. The van der Waals surface area contributed by atoms with Crippen LogP contribution in [0.5, 0.6) is 0 Å². The van der Waals surface area contributed by atoms with E-state index in [4.69, 9.17) is 0 Å². The summed E-state index contributed by atoms with van der Waals surface area (Å²) >= 11 is 1.33. The summed E-state index contributed by atoms with van der Waals surface area (Å²) in [6.07, 6.45) is 0.848. The zero-order chi connectivity index (χ0) is 9.90. The minimum atomic E-state index is -0.710. The van der Waals surface area contributed by atoms with Crippen LogP contribution >= 0.6 is 11.5 Å². The van der Waals surface area contributed by atoms with Crippen LogP contribution in [0.1, 0.15) is 26.6 Å². The number of aryl methyl sites for hydroxylation is 1. The molecule has 5 heteroatoms. The average molecular weight is 201 g/mol. The highest BCUT2D eigenvalue weighted by atomic mass is 32.1. The van der Waals surface area contributed by atoms with Crippen LogP contribution in [0.3, 0.4) is 0 Å². The van der Waals surface area contributed by atoms with Gasteiger partial charge in [-0.25, -0.2) is 4.98 Å². The van der Waals surface area contributed by atoms with Gasteiger partial charge < -0.3 is 10.4 Å². The van der Waals surface area contributed by atoms with Gasteiger partial charge in [0.2, 0.25) is 5.13 Å². The van der Waals surface area contributed by atoms with Crippen molar-refractivity contribution < 1.29 is 5.11 Å². The fourth-order valence-electron chi connectivity index (χ4n) is 0.761. The normalized spacial score (nSPS) is 11.7. The molecule has 1 aromatic heterocycles. The molecule has 0 radical (unpaired) electrons. The van der Waals surface area contributed by atoms with Gasteiger partial charge in [-0.3, -0.25) is 0 Å². The zero-order valence-electron chi connectivity index (χ0n) is 8.16. The maximum atomic E-state index is 9.44. The first kappa shape index (κ1) is 10.4. The van der Waals surface area contributed by atoms with E-state index < -0.39 is 5.60 Å². The SMILES string of the molecule is CCc1nsc(NCC(C)(C)O)n1. The first-order valence-corrected chi connectivity index (χ1v) is 5.07. The average Bonchev–Trinajstić information content (AvgIpc) is 2.47. The molecule has 1 heterocycles. The van der Waals surface area contributed by atoms with Gasteiger partial charge in [-0.15, -0.1) is 0 Å². The molecule has 0 aromatic carbocycles. The smallest absolute Gasteiger partial charge is 0.202 e. The molecule has 13 heavy (non-hydrogen) atoms. The third kappa shape index (κ3) is 3.69. The maximum Gasteiger partial charge on any atom is 0.202 e. The number of anilines is 1. The van der Waals surface area contributed by atoms with Crippen molar-refractivity contribution in [3.63, 3.8) is 0 Å². The Balaban J connectivity index is 2.46. The van der Waals surface area contributed by atoms with Crippen LogP contribution in [-0.4, -0.2) is 26.6 Å². The number of nitrogens with one attached hydrogen (secondary N) is 1. The quantitative estimate of drug-likeness (QED) is 0.770. The number of rotatable bonds is 4. The van der Waals surface area contributed by atoms with Crippen molar-refractivity contribution in [1.82, 2.24) is 9.36 Å². The summed E-state index contributed by atoms with van der Waals surface area (Å²) in [7, 11) is 0. The van der Waals surface area contributed by atoms with Crippen molar-refractivity contribution in [1.29, 1.82) is 0 Å². The maximum absolute atomic E-state index is 9.44. The zero-order valence-corrected chi connectivity index (χ0v) is 8.98. The molecule has 0 aliphatic heterocycles. The van der Waals surface area contributed by atoms with Crippen LogP contribution in [0.15, 0.2) is 0 Å². The van der Waals surface area contributed by atoms with E-state index in [-0.39, 0.29) is 0 Å². The third-order valence-corrected chi connectivity index (χ3v) is 2.17. The number of aromatic nitrogens is 2. The molecule has 74 valence electrons. The van der Waals surface area contributed by atoms with Gasteiger partial charge in [0, 0.05) is 24.5 Å². The monoisotopic (exact) mass is 201 g/mol. The van der Waals surface area contributed by atoms with Gasteiger partial charge in [-0.1, -0.05) is 6.92 Å². The van der Waals surface area contributed by atoms with Crippen LogP contribution in [0.4, 0.5) is 5.13 Å². The van der Waals surface area contributed by atoms with Crippen LogP contribution < -0.4 is 5.32 Å². The van der Waals surface area contributed by atoms with Crippen molar-refractivity contribution in [2.24, 2.45) is 0 Å². The fraction of sp³-hybridized carbons (Fsp3) is 0.750. The lowest BCUT2D eigenvalue weighted by Crippen LogP contribution is -2.29. The lowest BCUT2D eigenvalue weighted by atomic mass is 10.1. The predicted octanol–water partition coefficient (Wildman–Crippen LogP) is 1.28. The first-order valence-electron chi connectivity index (χ1n) is 4.30. The van der Waals surface area contributed by atoms with Crippen LogP contribution in [0, 0.1) is 0 Å². The lowest BCUT2D eigenvalue weighted by molar-refractivity contribution is 0.0945. The van der Waals surface area contributed by atoms with Crippen molar-refractivity contribution in [2.75, 3.05) is 11.9 Å². The van der Waals surface area contributed by atoms with Gasteiger partial charge in [0.15, 0.2) is 0 Å². The van der Waals surface area contributed by atoms with Crippen molar-refractivity contribution in [3.05, 3.63) is 5.82 Å². The summed E-state index contributed by atoms with van der Waals surface area (Å²) < 4.78 is 4.12. The lowest BCUT2D eigenvalue weighted by Gasteiger charge is -2.16. The molecular weight excluding hydrogens is 186 g/mol. The number of aliphatic hydroxyl groups is 1. The topological polar surface area (TPSA) is 58.0 Å². The Hall–Kier alpha value is -0.680. The second-order valence-electron chi connectivity index (χ2n) is 3.54. The highest BCUT2D eigenvalue weighted by Gasteiger charge is 2.12. The van der Waals surface area contributed by atoms with E-state index in [1.807, 2.05) is 6.92 Å². The molecule has 0 aliphatic rings. The standard InChI is InChI=1S/C8H15N3OS/c1-4-6-10-7(13-11-6)9-5-8(2,3)12/h12H,4-5H2,1-3H3,(H,9,10,11). The Labute approximate surface area is 82.2 Å². The van der Waals surface area contributed by atoms with Crippen molar-refractivity contribution in [2.45, 2.75) is 32.8 Å². The Morgan fingerprint density at radius 3 is 2.69 bits per heavy atom. The van der Waals surface area contributed by atoms with E-state index in [2.05, 4.69) is 14.7 Å². The minimum Gasteiger partial charge on any atom is -0.389 e. The third-order valence-electron chi connectivity index (χ3n) is 1.46. The summed E-state index contributed by atoms with van der Waals surface area (Å²) in [5.41, 5.74) is -0.710. The highest BCUT2D eigenvalue weighted by Crippen LogP contribution is 2.12. The molecule has 0 saturated carbocycles. The molecule has 0 fully saturated rings. The predicted molar refractivity (Wildman–Crippen MR) is 54.1 cm³/mol. The Bertz CT molecular complexity index is 267. The molecular formula is C8H15N3OS. The van der Waals surface area contributed by atoms with Gasteiger partial charge in [-0.2, -0.15) is 4.37 Å². The van der Waals surface area contributed by atoms with E-state index in [1.165, 1.54) is 11.5 Å². The van der Waals surface area contributed by atoms with E-state index in [0.717, 1.165) is 17.4 Å². The van der Waals surface area contributed by atoms with E-state index in [1.54, 1.807) is 13.8 Å². The van der Waals surface area contributed by atoms with Crippen LogP contribution in [0.2, 0.25) is 0 Å². The number of hydrogen-bond donors (Lipinski definition) is 2. The van der Waals surface area contributed by atoms with Crippen molar-refractivity contribution in [3.8, 4) is 0 Å². The number of nitrogens with zero attached hydrogens (tertiary/aromatic N) is 2. The van der Waals surface area contributed by atoms with Crippen LogP contribution in [-0.2, 0) is 6.42 Å². The molecule has 1 rings (SSSR count). The molecule has 4 nitrogen and oxygen atoms in total. The molecule has 0 amide bonds. The van der Waals surface area contributed by atoms with Gasteiger partial charge in [0.1, 0.15) is 5.82 Å². The summed E-state index contributed by atoms with van der Waals surface area (Å²) in [4.78, 5) is 4.22. The summed E-state index contributed by atoms with van der Waals surface area (Å²) in [5, 5.41) is 13.2. The molecule has 2 N–H and O–H groups in total. The molecule has 0 aliphatic carbocycles. The molecule has 0 saturated heterocycles. The molecule has 0 spiro atoms. The molecule has 1 aromatic rings. The Morgan fingerprint density at radius 1 is 1.54 bits per heavy atom. The molecule has 0 unspecified atom stereocenters. The number of hydrogen-bond acceptors (Lipinski definition) is 5. The Morgan fingerprint density at radius 2 is 2.23 bits per heavy atom. The van der Waals surface area contributed by atoms with Gasteiger partial charge >= 0.3 is 0 Å². The van der Waals surface area contributed by atoms with Gasteiger partial charge in [0.05, 0.1) is 5.60 Å². The van der Waals surface area contributed by atoms with E-state index in [9.17, 15) is 5.11 Å². The van der Waals surface area contributed by atoms with E-state index in [0.29, 0.717) is 6.54 Å². The Kier molecular flexibility index (Phi) is 3.22. The summed E-state index contributed by atoms with van der Waals surface area (Å²) in [6, 6.07) is 0. The second-order valence-corrected chi connectivity index (χ2v) is 4.29. The van der Waals surface area contributed by atoms with Gasteiger partial charge in [0.25, 0.3) is 0 Å². The second kappa shape index (κ2) is 4.02. The molecule has 0 bridgehead atoms. The van der Waals surface area contributed by atoms with E-state index >= 15 is 0 Å². The minimum absolute atomic E-state index is 0.491. The van der Waals surface area contributed by atoms with Crippen LogP contribution in [0.25, 0.3) is 0 Å². The van der Waals surface area contributed by atoms with Gasteiger partial charge in [-0.05, 0) is 13.8 Å². The van der Waals surface area contributed by atoms with Crippen molar-refractivity contribution >= 4 is 16.7 Å². The highest BCUT2D eigenvalue weighted by molar-refractivity contribution is 7.09. The molecule has 0 atom stereocenters. The summed E-state index contributed by atoms with van der Waals surface area (Å²) in [6.45, 7) is 6.01. The largest absolute Gasteiger partial charge is 0.389 e.